The molecule has 1 atom stereocenters. The summed E-state index contributed by atoms with van der Waals surface area (Å²) in [4.78, 5) is 39.4. The van der Waals surface area contributed by atoms with Gasteiger partial charge in [-0.15, -0.1) is 0 Å². The van der Waals surface area contributed by atoms with Crippen molar-refractivity contribution in [3.63, 3.8) is 0 Å². The van der Waals surface area contributed by atoms with Gasteiger partial charge in [0, 0.05) is 6.54 Å². The van der Waals surface area contributed by atoms with E-state index in [0.29, 0.717) is 38.5 Å². The summed E-state index contributed by atoms with van der Waals surface area (Å²) < 4.78 is 5.15. The lowest BCUT2D eigenvalue weighted by Crippen LogP contribution is -3.19. The molecule has 0 saturated carbocycles. The van der Waals surface area contributed by atoms with Gasteiger partial charge >= 0.3 is 6.03 Å². The highest BCUT2D eigenvalue weighted by Gasteiger charge is 2.32. The molecule has 0 aliphatic carbocycles. The van der Waals surface area contributed by atoms with Crippen LogP contribution in [0.5, 0.6) is 0 Å². The summed E-state index contributed by atoms with van der Waals surface area (Å²) >= 11 is 0. The molecule has 3 N–H and O–H groups in total. The number of hydrogen-bond donors (Lipinski definition) is 3. The number of hydrogen-bond acceptors (Lipinski definition) is 4. The zero-order valence-corrected chi connectivity index (χ0v) is 15.8. The van der Waals surface area contributed by atoms with Crippen molar-refractivity contribution in [2.24, 2.45) is 0 Å². The van der Waals surface area contributed by atoms with Crippen LogP contribution in [-0.2, 0) is 11.3 Å². The topological polar surface area (TPSA) is 96.1 Å². The van der Waals surface area contributed by atoms with Gasteiger partial charge in [-0.3, -0.25) is 14.9 Å². The maximum Gasteiger partial charge on any atom is 0.321 e. The molecule has 8 nitrogen and oxygen atoms in total. The highest BCUT2D eigenvalue weighted by Crippen LogP contribution is 2.05. The Morgan fingerprint density at radius 1 is 1.11 bits per heavy atom. The Labute approximate surface area is 163 Å². The van der Waals surface area contributed by atoms with E-state index < -0.39 is 6.03 Å². The molecule has 8 heteroatoms. The van der Waals surface area contributed by atoms with E-state index in [-0.39, 0.29) is 17.9 Å². The molecule has 0 bridgehead atoms. The van der Waals surface area contributed by atoms with E-state index in [0.717, 1.165) is 10.5 Å². The van der Waals surface area contributed by atoms with Gasteiger partial charge < -0.3 is 19.5 Å². The molecule has 1 aromatic carbocycles. The highest BCUT2D eigenvalue weighted by atomic mass is 16.3. The van der Waals surface area contributed by atoms with Crippen LogP contribution in [0.3, 0.4) is 0 Å². The van der Waals surface area contributed by atoms with Crippen molar-refractivity contribution in [3.8, 4) is 0 Å². The molecule has 148 valence electrons. The van der Waals surface area contributed by atoms with Crippen LogP contribution in [0.1, 0.15) is 23.0 Å². The first-order valence-electron chi connectivity index (χ1n) is 9.34. The minimum Gasteiger partial charge on any atom is -0.459 e. The van der Waals surface area contributed by atoms with Gasteiger partial charge in [-0.2, -0.15) is 0 Å². The maximum atomic E-state index is 12.4. The molecule has 1 saturated heterocycles. The van der Waals surface area contributed by atoms with Crippen LogP contribution in [0, 0.1) is 0 Å². The summed E-state index contributed by atoms with van der Waals surface area (Å²) in [7, 11) is 0. The lowest BCUT2D eigenvalue weighted by Gasteiger charge is -2.34. The fourth-order valence-corrected chi connectivity index (χ4v) is 3.21. The number of urea groups is 1. The lowest BCUT2D eigenvalue weighted by atomic mass is 10.2. The van der Waals surface area contributed by atoms with Gasteiger partial charge in [0.05, 0.1) is 32.4 Å². The Balaban J connectivity index is 1.42. The molecule has 1 aromatic heterocycles. The molecule has 28 heavy (non-hydrogen) atoms. The molecule has 0 spiro atoms. The van der Waals surface area contributed by atoms with Crippen molar-refractivity contribution >= 4 is 17.8 Å². The van der Waals surface area contributed by atoms with E-state index in [4.69, 9.17) is 4.42 Å². The molecular formula is C20H25N4O4+. The van der Waals surface area contributed by atoms with Crippen molar-refractivity contribution in [2.75, 3.05) is 26.2 Å². The predicted octanol–water partition coefficient (Wildman–Crippen LogP) is 0.0348. The van der Waals surface area contributed by atoms with Crippen molar-refractivity contribution in [2.45, 2.75) is 19.5 Å². The Morgan fingerprint density at radius 2 is 1.82 bits per heavy atom. The van der Waals surface area contributed by atoms with Crippen LogP contribution in [0.4, 0.5) is 4.79 Å². The molecular weight excluding hydrogens is 360 g/mol. The first-order chi connectivity index (χ1) is 13.5. The van der Waals surface area contributed by atoms with Gasteiger partial charge in [-0.25, -0.2) is 4.79 Å². The summed E-state index contributed by atoms with van der Waals surface area (Å²) in [5.41, 5.74) is 0.959. The number of quaternary nitrogens is 1. The van der Waals surface area contributed by atoms with E-state index >= 15 is 0 Å². The number of carbonyl (C=O) groups is 3. The van der Waals surface area contributed by atoms with Gasteiger partial charge in [0.25, 0.3) is 11.8 Å². The number of benzene rings is 1. The van der Waals surface area contributed by atoms with Gasteiger partial charge in [0.1, 0.15) is 0 Å². The zero-order chi connectivity index (χ0) is 19.9. The van der Waals surface area contributed by atoms with Crippen molar-refractivity contribution in [1.29, 1.82) is 0 Å². The van der Waals surface area contributed by atoms with Crippen molar-refractivity contribution in [1.82, 2.24) is 15.5 Å². The molecule has 4 amide bonds. The van der Waals surface area contributed by atoms with E-state index in [1.165, 1.54) is 6.26 Å². The third-order valence-electron chi connectivity index (χ3n) is 4.96. The van der Waals surface area contributed by atoms with Gasteiger partial charge in [-0.05, 0) is 24.6 Å². The highest BCUT2D eigenvalue weighted by molar-refractivity contribution is 5.96. The predicted molar refractivity (Wildman–Crippen MR) is 102 cm³/mol. The minimum absolute atomic E-state index is 0.138. The quantitative estimate of drug-likeness (QED) is 0.677. The normalized spacial score (nSPS) is 15.7. The first kappa shape index (κ1) is 19.6. The SMILES string of the molecule is C[C@@H](C(=O)NC(=O)NCc1ccccc1)[NH+]1CCN(C(=O)c2ccco2)CC1. The average molecular weight is 385 g/mol. The van der Waals surface area contributed by atoms with Crippen LogP contribution in [-0.4, -0.2) is 55.0 Å². The lowest BCUT2D eigenvalue weighted by molar-refractivity contribution is -0.917. The fourth-order valence-electron chi connectivity index (χ4n) is 3.21. The number of piperazine rings is 1. The average Bonchev–Trinajstić information content (AvgIpc) is 3.27. The number of furan rings is 1. The number of carbonyl (C=O) groups excluding carboxylic acids is 3. The standard InChI is InChI=1S/C20H24N4O4/c1-15(18(25)22-20(27)21-14-16-6-3-2-4-7-16)23-9-11-24(12-10-23)19(26)17-8-5-13-28-17/h2-8,13,15H,9-12,14H2,1H3,(H2,21,22,25,27)/p+1/t15-/m0/s1. The number of imide groups is 1. The molecule has 3 rings (SSSR count). The summed E-state index contributed by atoms with van der Waals surface area (Å²) in [6, 6.07) is 11.9. The molecule has 1 fully saturated rings. The van der Waals surface area contributed by atoms with Crippen LogP contribution < -0.4 is 15.5 Å². The van der Waals surface area contributed by atoms with Crippen molar-refractivity contribution < 1.29 is 23.7 Å². The summed E-state index contributed by atoms with van der Waals surface area (Å²) in [6.07, 6.45) is 1.48. The van der Waals surface area contributed by atoms with Crippen molar-refractivity contribution in [3.05, 3.63) is 60.1 Å². The molecule has 2 heterocycles. The van der Waals surface area contributed by atoms with Crippen LogP contribution in [0.15, 0.2) is 53.1 Å². The third kappa shape index (κ3) is 4.98. The fraction of sp³-hybridized carbons (Fsp3) is 0.350. The Hall–Kier alpha value is -3.13. The van der Waals surface area contributed by atoms with E-state index in [9.17, 15) is 14.4 Å². The van der Waals surface area contributed by atoms with Crippen LogP contribution in [0.25, 0.3) is 0 Å². The Morgan fingerprint density at radius 3 is 2.46 bits per heavy atom. The smallest absolute Gasteiger partial charge is 0.321 e. The minimum atomic E-state index is -0.508. The second kappa shape index (κ2) is 9.18. The van der Waals surface area contributed by atoms with E-state index in [1.807, 2.05) is 30.3 Å². The number of rotatable bonds is 5. The maximum absolute atomic E-state index is 12.4. The Kier molecular flexibility index (Phi) is 6.44. The number of nitrogens with zero attached hydrogens (tertiary/aromatic N) is 1. The summed E-state index contributed by atoms with van der Waals surface area (Å²) in [5.74, 6) is -0.142. The molecule has 1 aliphatic rings. The van der Waals surface area contributed by atoms with E-state index in [2.05, 4.69) is 10.6 Å². The van der Waals surface area contributed by atoms with Crippen LogP contribution >= 0.6 is 0 Å². The summed E-state index contributed by atoms with van der Waals surface area (Å²) in [5, 5.41) is 5.08. The summed E-state index contributed by atoms with van der Waals surface area (Å²) in [6.45, 7) is 4.48. The van der Waals surface area contributed by atoms with Gasteiger partial charge in [0.2, 0.25) is 0 Å². The van der Waals surface area contributed by atoms with Gasteiger partial charge in [0.15, 0.2) is 11.8 Å². The zero-order valence-electron chi connectivity index (χ0n) is 15.8. The molecule has 0 unspecified atom stereocenters. The van der Waals surface area contributed by atoms with E-state index in [1.54, 1.807) is 24.0 Å². The second-order valence-corrected chi connectivity index (χ2v) is 6.81. The monoisotopic (exact) mass is 385 g/mol. The Bertz CT molecular complexity index is 799. The molecule has 2 aromatic rings. The first-order valence-corrected chi connectivity index (χ1v) is 9.34. The number of amides is 4. The second-order valence-electron chi connectivity index (χ2n) is 6.81. The van der Waals surface area contributed by atoms with Crippen LogP contribution in [0.2, 0.25) is 0 Å². The number of nitrogens with one attached hydrogen (secondary N) is 3. The largest absolute Gasteiger partial charge is 0.459 e. The van der Waals surface area contributed by atoms with Gasteiger partial charge in [-0.1, -0.05) is 30.3 Å². The molecule has 0 radical (unpaired) electrons. The molecule has 1 aliphatic heterocycles. The third-order valence-corrected chi connectivity index (χ3v) is 4.96.